The molecule has 0 fully saturated rings. The highest BCUT2D eigenvalue weighted by molar-refractivity contribution is 5.94. The van der Waals surface area contributed by atoms with Crippen LogP contribution in [0, 0.1) is 13.8 Å². The molecule has 6 nitrogen and oxygen atoms in total. The Morgan fingerprint density at radius 3 is 2.18 bits per heavy atom. The van der Waals surface area contributed by atoms with Gasteiger partial charge in [0.05, 0.1) is 14.2 Å². The minimum Gasteiger partial charge on any atom is -0.467 e. The van der Waals surface area contributed by atoms with Crippen LogP contribution in [0.3, 0.4) is 0 Å². The van der Waals surface area contributed by atoms with Crippen molar-refractivity contribution < 1.29 is 19.1 Å². The van der Waals surface area contributed by atoms with Gasteiger partial charge in [-0.05, 0) is 39.0 Å². The van der Waals surface area contributed by atoms with Gasteiger partial charge in [-0.2, -0.15) is 0 Å². The van der Waals surface area contributed by atoms with Crippen LogP contribution < -0.4 is 10.6 Å². The quantitative estimate of drug-likeness (QED) is 0.788. The van der Waals surface area contributed by atoms with Gasteiger partial charge in [0.2, 0.25) is 0 Å². The molecule has 0 saturated heterocycles. The number of methoxy groups -OCH3 is 2. The zero-order valence-corrected chi connectivity index (χ0v) is 16.9. The molecule has 0 amide bonds. The fraction of sp³-hybridized carbons (Fsp3) is 0.364. The van der Waals surface area contributed by atoms with Crippen LogP contribution in [0.1, 0.15) is 30.0 Å². The Kier molecular flexibility index (Phi) is 5.06. The number of rotatable bonds is 4. The third-order valence-corrected chi connectivity index (χ3v) is 5.24. The highest BCUT2D eigenvalue weighted by Gasteiger charge is 2.55. The molecule has 0 bridgehead atoms. The zero-order chi connectivity index (χ0) is 20.5. The summed E-state index contributed by atoms with van der Waals surface area (Å²) in [7, 11) is 2.70. The molecule has 6 heteroatoms. The number of aryl methyl sites for hydroxylation is 2. The molecule has 2 N–H and O–H groups in total. The van der Waals surface area contributed by atoms with E-state index in [1.54, 1.807) is 6.92 Å². The third-order valence-electron chi connectivity index (χ3n) is 5.24. The van der Waals surface area contributed by atoms with Gasteiger partial charge in [0.1, 0.15) is 5.54 Å². The van der Waals surface area contributed by atoms with Crippen molar-refractivity contribution in [1.29, 1.82) is 0 Å². The van der Waals surface area contributed by atoms with Gasteiger partial charge < -0.3 is 20.1 Å². The van der Waals surface area contributed by atoms with E-state index in [1.807, 2.05) is 56.3 Å². The maximum absolute atomic E-state index is 13.2. The first-order chi connectivity index (χ1) is 13.2. The van der Waals surface area contributed by atoms with E-state index in [1.165, 1.54) is 14.2 Å². The Bertz CT molecular complexity index is 909. The second-order valence-electron chi connectivity index (χ2n) is 7.56. The lowest BCUT2D eigenvalue weighted by Crippen LogP contribution is -2.59. The number of fused-ring (bicyclic) bond motifs is 1. The van der Waals surface area contributed by atoms with E-state index in [0.29, 0.717) is 5.69 Å². The van der Waals surface area contributed by atoms with Crippen LogP contribution in [0.25, 0.3) is 0 Å². The standard InChI is InChI=1S/C22H26N2O4/c1-14-6-9-16(10-7-14)23-22(20(26)28-5)13-21(3,19(25)27-4)24-18-11-8-15(2)12-17(18)22/h6-12,23-24H,13H2,1-5H3/t21-,22+/m1/s1. The molecule has 0 saturated carbocycles. The monoisotopic (exact) mass is 382 g/mol. The van der Waals surface area contributed by atoms with E-state index in [0.717, 1.165) is 22.4 Å². The predicted octanol–water partition coefficient (Wildman–Crippen LogP) is 3.53. The fourth-order valence-electron chi connectivity index (χ4n) is 3.84. The number of anilines is 2. The van der Waals surface area contributed by atoms with Gasteiger partial charge >= 0.3 is 11.9 Å². The third kappa shape index (κ3) is 3.30. The summed E-state index contributed by atoms with van der Waals surface area (Å²) in [6.45, 7) is 5.69. The van der Waals surface area contributed by atoms with E-state index in [4.69, 9.17) is 9.47 Å². The lowest BCUT2D eigenvalue weighted by Gasteiger charge is -2.46. The largest absolute Gasteiger partial charge is 0.467 e. The summed E-state index contributed by atoms with van der Waals surface area (Å²) in [5, 5.41) is 6.63. The summed E-state index contributed by atoms with van der Waals surface area (Å²) in [5.41, 5.74) is 1.94. The second kappa shape index (κ2) is 7.19. The predicted molar refractivity (Wildman–Crippen MR) is 108 cm³/mol. The van der Waals surface area contributed by atoms with Crippen molar-refractivity contribution in [3.63, 3.8) is 0 Å². The van der Waals surface area contributed by atoms with Crippen molar-refractivity contribution in [1.82, 2.24) is 0 Å². The Morgan fingerprint density at radius 2 is 1.57 bits per heavy atom. The van der Waals surface area contributed by atoms with Gasteiger partial charge in [0, 0.05) is 23.4 Å². The van der Waals surface area contributed by atoms with Crippen LogP contribution in [0.5, 0.6) is 0 Å². The lowest BCUT2D eigenvalue weighted by atomic mass is 9.73. The maximum atomic E-state index is 13.2. The van der Waals surface area contributed by atoms with Crippen molar-refractivity contribution in [2.75, 3.05) is 24.9 Å². The topological polar surface area (TPSA) is 76.7 Å². The molecule has 28 heavy (non-hydrogen) atoms. The first kappa shape index (κ1) is 19.7. The van der Waals surface area contributed by atoms with Gasteiger partial charge in [-0.1, -0.05) is 35.4 Å². The SMILES string of the molecule is COC(=O)[C@@]1(C)C[C@@](Nc2ccc(C)cc2)(C(=O)OC)c2cc(C)ccc2N1. The van der Waals surface area contributed by atoms with Gasteiger partial charge in [0.25, 0.3) is 0 Å². The average molecular weight is 382 g/mol. The average Bonchev–Trinajstić information content (AvgIpc) is 2.68. The molecular weight excluding hydrogens is 356 g/mol. The van der Waals surface area contributed by atoms with E-state index < -0.39 is 23.0 Å². The molecule has 0 aromatic heterocycles. The normalized spacial score (nSPS) is 23.2. The number of nitrogens with one attached hydrogen (secondary N) is 2. The number of carbonyl (C=O) groups excluding carboxylic acids is 2. The summed E-state index contributed by atoms with van der Waals surface area (Å²) in [4.78, 5) is 25.8. The number of ether oxygens (including phenoxy) is 2. The summed E-state index contributed by atoms with van der Waals surface area (Å²) in [5.74, 6) is -0.908. The van der Waals surface area contributed by atoms with E-state index >= 15 is 0 Å². The molecule has 0 aliphatic carbocycles. The molecule has 2 atom stereocenters. The van der Waals surface area contributed by atoms with Crippen molar-refractivity contribution in [2.24, 2.45) is 0 Å². The van der Waals surface area contributed by atoms with E-state index in [9.17, 15) is 9.59 Å². The Hall–Kier alpha value is -3.02. The molecule has 3 rings (SSSR count). The molecular formula is C22H26N2O4. The molecule has 148 valence electrons. The zero-order valence-electron chi connectivity index (χ0n) is 16.9. The number of esters is 2. The Morgan fingerprint density at radius 1 is 0.964 bits per heavy atom. The Labute approximate surface area is 165 Å². The molecule has 2 aromatic rings. The van der Waals surface area contributed by atoms with Gasteiger partial charge in [-0.15, -0.1) is 0 Å². The van der Waals surface area contributed by atoms with Crippen molar-refractivity contribution in [3.8, 4) is 0 Å². The van der Waals surface area contributed by atoms with Gasteiger partial charge in [-0.25, -0.2) is 9.59 Å². The number of hydrogen-bond acceptors (Lipinski definition) is 6. The minimum absolute atomic E-state index is 0.129. The maximum Gasteiger partial charge on any atom is 0.336 e. The van der Waals surface area contributed by atoms with Crippen molar-refractivity contribution >= 4 is 23.3 Å². The number of carbonyl (C=O) groups is 2. The highest BCUT2D eigenvalue weighted by Crippen LogP contribution is 2.45. The number of benzene rings is 2. The smallest absolute Gasteiger partial charge is 0.336 e. The molecule has 0 radical (unpaired) electrons. The van der Waals surface area contributed by atoms with Crippen LogP contribution in [0.2, 0.25) is 0 Å². The van der Waals surface area contributed by atoms with Crippen molar-refractivity contribution in [2.45, 2.75) is 38.3 Å². The summed E-state index contributed by atoms with van der Waals surface area (Å²) in [6, 6.07) is 13.5. The van der Waals surface area contributed by atoms with Crippen LogP contribution >= 0.6 is 0 Å². The first-order valence-corrected chi connectivity index (χ1v) is 9.15. The molecule has 0 spiro atoms. The molecule has 2 aromatic carbocycles. The highest BCUT2D eigenvalue weighted by atomic mass is 16.5. The van der Waals surface area contributed by atoms with E-state index in [-0.39, 0.29) is 6.42 Å². The molecule has 1 aliphatic rings. The molecule has 0 unspecified atom stereocenters. The summed E-state index contributed by atoms with van der Waals surface area (Å²) < 4.78 is 10.2. The summed E-state index contributed by atoms with van der Waals surface area (Å²) >= 11 is 0. The van der Waals surface area contributed by atoms with Gasteiger partial charge in [-0.3, -0.25) is 0 Å². The summed E-state index contributed by atoms with van der Waals surface area (Å²) in [6.07, 6.45) is 0.129. The van der Waals surface area contributed by atoms with Crippen LogP contribution in [-0.4, -0.2) is 31.7 Å². The van der Waals surface area contributed by atoms with Gasteiger partial charge in [0.15, 0.2) is 5.54 Å². The number of hydrogen-bond donors (Lipinski definition) is 2. The fourth-order valence-corrected chi connectivity index (χ4v) is 3.84. The lowest BCUT2D eigenvalue weighted by molar-refractivity contribution is -0.151. The minimum atomic E-state index is -1.25. The molecule has 1 heterocycles. The van der Waals surface area contributed by atoms with Crippen molar-refractivity contribution in [3.05, 3.63) is 59.2 Å². The van der Waals surface area contributed by atoms with E-state index in [2.05, 4.69) is 10.6 Å². The van der Waals surface area contributed by atoms with Crippen LogP contribution in [0.15, 0.2) is 42.5 Å². The van der Waals surface area contributed by atoms with Crippen LogP contribution in [0.4, 0.5) is 11.4 Å². The van der Waals surface area contributed by atoms with Crippen LogP contribution in [-0.2, 0) is 24.6 Å². The second-order valence-corrected chi connectivity index (χ2v) is 7.56. The molecule has 1 aliphatic heterocycles. The Balaban J connectivity index is 2.22. The first-order valence-electron chi connectivity index (χ1n) is 9.15.